The number of aliphatic hydroxyl groups excluding tert-OH is 4. The second kappa shape index (κ2) is 7.50. The van der Waals surface area contributed by atoms with Gasteiger partial charge in [-0.3, -0.25) is 9.59 Å². The van der Waals surface area contributed by atoms with Gasteiger partial charge in [0.1, 0.15) is 24.4 Å². The van der Waals surface area contributed by atoms with Crippen LogP contribution in [0.4, 0.5) is 0 Å². The Bertz CT molecular complexity index is 352. The zero-order chi connectivity index (χ0) is 15.3. The number of primary amides is 1. The summed E-state index contributed by atoms with van der Waals surface area (Å²) in [6, 6.07) is -1.01. The molecule has 0 aromatic carbocycles. The average molecular weight is 292 g/mol. The van der Waals surface area contributed by atoms with Crippen LogP contribution < -0.4 is 11.1 Å². The molecule has 9 nitrogen and oxygen atoms in total. The fourth-order valence-electron chi connectivity index (χ4n) is 1.90. The fraction of sp³-hybridized carbons (Fsp3) is 0.818. The van der Waals surface area contributed by atoms with E-state index in [0.717, 1.165) is 0 Å². The first kappa shape index (κ1) is 16.8. The molecule has 0 aromatic heterocycles. The molecular weight excluding hydrogens is 272 g/mol. The molecule has 7 N–H and O–H groups in total. The molecule has 0 aliphatic carbocycles. The Morgan fingerprint density at radius 3 is 2.50 bits per heavy atom. The number of nitrogens with one attached hydrogen (secondary N) is 1. The van der Waals surface area contributed by atoms with Crippen molar-refractivity contribution in [2.75, 3.05) is 13.2 Å². The first-order valence-corrected chi connectivity index (χ1v) is 6.22. The quantitative estimate of drug-likeness (QED) is 0.292. The molecule has 1 aliphatic heterocycles. The molecule has 0 spiro atoms. The number of rotatable bonds is 6. The summed E-state index contributed by atoms with van der Waals surface area (Å²) in [6.45, 7) is -0.520. The van der Waals surface area contributed by atoms with Gasteiger partial charge < -0.3 is 36.2 Å². The van der Waals surface area contributed by atoms with E-state index in [-0.39, 0.29) is 26.1 Å². The van der Waals surface area contributed by atoms with Gasteiger partial charge in [-0.1, -0.05) is 0 Å². The highest BCUT2D eigenvalue weighted by molar-refractivity contribution is 5.86. The lowest BCUT2D eigenvalue weighted by atomic mass is 9.97. The first-order chi connectivity index (χ1) is 9.36. The molecule has 1 rings (SSSR count). The molecule has 20 heavy (non-hydrogen) atoms. The normalized spacial score (nSPS) is 31.6. The van der Waals surface area contributed by atoms with Gasteiger partial charge >= 0.3 is 0 Å². The monoisotopic (exact) mass is 292 g/mol. The summed E-state index contributed by atoms with van der Waals surface area (Å²) in [4.78, 5) is 22.7. The summed E-state index contributed by atoms with van der Waals surface area (Å²) in [5, 5.41) is 39.4. The number of hydrogen-bond acceptors (Lipinski definition) is 7. The molecule has 0 saturated carbocycles. The van der Waals surface area contributed by atoms with Crippen molar-refractivity contribution in [1.29, 1.82) is 0 Å². The maximum atomic E-state index is 11.7. The Labute approximate surface area is 115 Å². The minimum atomic E-state index is -1.41. The zero-order valence-corrected chi connectivity index (χ0v) is 10.8. The standard InChI is InChI=1S/C11H20N2O7/c12-11(19)5(1-2-14)13-8(16)3-7-10(18)9(17)6(15)4-20-7/h5-7,9-10,14-15,17-18H,1-4H2,(H2,12,19)(H,13,16)/t5-,6-,7+,9+,10?/m1/s1. The first-order valence-electron chi connectivity index (χ1n) is 6.22. The van der Waals surface area contributed by atoms with E-state index in [4.69, 9.17) is 15.6 Å². The maximum absolute atomic E-state index is 11.7. The molecule has 9 heteroatoms. The van der Waals surface area contributed by atoms with E-state index < -0.39 is 42.3 Å². The van der Waals surface area contributed by atoms with Crippen LogP contribution in [0.5, 0.6) is 0 Å². The maximum Gasteiger partial charge on any atom is 0.240 e. The van der Waals surface area contributed by atoms with Crippen molar-refractivity contribution in [3.63, 3.8) is 0 Å². The third-order valence-electron chi connectivity index (χ3n) is 3.09. The van der Waals surface area contributed by atoms with Crippen molar-refractivity contribution >= 4 is 11.8 Å². The lowest BCUT2D eigenvalue weighted by Gasteiger charge is -2.35. The average Bonchev–Trinajstić information content (AvgIpc) is 2.39. The van der Waals surface area contributed by atoms with Crippen molar-refractivity contribution in [1.82, 2.24) is 5.32 Å². The highest BCUT2D eigenvalue weighted by atomic mass is 16.5. The number of hydrogen-bond donors (Lipinski definition) is 6. The van der Waals surface area contributed by atoms with Crippen LogP contribution in [0.3, 0.4) is 0 Å². The summed E-state index contributed by atoms with van der Waals surface area (Å²) in [7, 11) is 0. The summed E-state index contributed by atoms with van der Waals surface area (Å²) in [5.41, 5.74) is 5.05. The number of nitrogens with two attached hydrogens (primary N) is 1. The third-order valence-corrected chi connectivity index (χ3v) is 3.09. The molecule has 0 bridgehead atoms. The molecule has 1 unspecified atom stereocenters. The third kappa shape index (κ3) is 4.39. The molecule has 1 heterocycles. The fourth-order valence-corrected chi connectivity index (χ4v) is 1.90. The van der Waals surface area contributed by atoms with Crippen LogP contribution in [0.2, 0.25) is 0 Å². The predicted molar refractivity (Wildman–Crippen MR) is 65.2 cm³/mol. The highest BCUT2D eigenvalue weighted by Crippen LogP contribution is 2.18. The van der Waals surface area contributed by atoms with E-state index in [1.54, 1.807) is 0 Å². The number of carbonyl (C=O) groups excluding carboxylic acids is 2. The summed E-state index contributed by atoms with van der Waals surface area (Å²) < 4.78 is 5.06. The summed E-state index contributed by atoms with van der Waals surface area (Å²) in [6.07, 6.45) is -5.33. The van der Waals surface area contributed by atoms with Crippen molar-refractivity contribution in [2.45, 2.75) is 43.3 Å². The van der Waals surface area contributed by atoms with Gasteiger partial charge in [0, 0.05) is 6.61 Å². The van der Waals surface area contributed by atoms with E-state index in [2.05, 4.69) is 5.32 Å². The minimum Gasteiger partial charge on any atom is -0.396 e. The zero-order valence-electron chi connectivity index (χ0n) is 10.8. The molecule has 5 atom stereocenters. The van der Waals surface area contributed by atoms with Crippen molar-refractivity contribution in [2.24, 2.45) is 5.73 Å². The Balaban J connectivity index is 2.51. The molecular formula is C11H20N2O7. The van der Waals surface area contributed by atoms with Gasteiger partial charge in [0.15, 0.2) is 0 Å². The Morgan fingerprint density at radius 1 is 1.30 bits per heavy atom. The van der Waals surface area contributed by atoms with Gasteiger partial charge in [-0.15, -0.1) is 0 Å². The van der Waals surface area contributed by atoms with Crippen molar-refractivity contribution in [3.8, 4) is 0 Å². The number of amides is 2. The molecule has 2 amide bonds. The molecule has 1 saturated heterocycles. The smallest absolute Gasteiger partial charge is 0.240 e. The molecule has 116 valence electrons. The summed E-state index contributed by atoms with van der Waals surface area (Å²) in [5.74, 6) is -1.40. The predicted octanol–water partition coefficient (Wildman–Crippen LogP) is -3.79. The van der Waals surface area contributed by atoms with Crippen LogP contribution >= 0.6 is 0 Å². The van der Waals surface area contributed by atoms with Gasteiger partial charge in [0.25, 0.3) is 0 Å². The molecule has 1 fully saturated rings. The van der Waals surface area contributed by atoms with Gasteiger partial charge in [-0.05, 0) is 6.42 Å². The van der Waals surface area contributed by atoms with Crippen LogP contribution in [0, 0.1) is 0 Å². The second-order valence-corrected chi connectivity index (χ2v) is 4.66. The van der Waals surface area contributed by atoms with E-state index >= 15 is 0 Å². The lowest BCUT2D eigenvalue weighted by molar-refractivity contribution is -0.189. The van der Waals surface area contributed by atoms with Crippen LogP contribution in [0.25, 0.3) is 0 Å². The van der Waals surface area contributed by atoms with Gasteiger partial charge in [0.2, 0.25) is 11.8 Å². The Morgan fingerprint density at radius 2 is 1.95 bits per heavy atom. The topological polar surface area (TPSA) is 162 Å². The largest absolute Gasteiger partial charge is 0.396 e. The highest BCUT2D eigenvalue weighted by Gasteiger charge is 2.38. The van der Waals surface area contributed by atoms with Crippen LogP contribution in [-0.2, 0) is 14.3 Å². The number of aliphatic hydroxyl groups is 4. The number of carbonyl (C=O) groups is 2. The minimum absolute atomic E-state index is 0.0174. The number of ether oxygens (including phenoxy) is 1. The van der Waals surface area contributed by atoms with E-state index in [1.807, 2.05) is 0 Å². The van der Waals surface area contributed by atoms with Crippen molar-refractivity contribution < 1.29 is 34.8 Å². The molecule has 0 radical (unpaired) electrons. The van der Waals surface area contributed by atoms with Gasteiger partial charge in [-0.25, -0.2) is 0 Å². The van der Waals surface area contributed by atoms with Crippen molar-refractivity contribution in [3.05, 3.63) is 0 Å². The summed E-state index contributed by atoms with van der Waals surface area (Å²) >= 11 is 0. The lowest BCUT2D eigenvalue weighted by Crippen LogP contribution is -2.54. The van der Waals surface area contributed by atoms with E-state index in [9.17, 15) is 24.9 Å². The Hall–Kier alpha value is -1.26. The van der Waals surface area contributed by atoms with Crippen LogP contribution in [0.1, 0.15) is 12.8 Å². The van der Waals surface area contributed by atoms with Gasteiger partial charge in [-0.2, -0.15) is 0 Å². The Kier molecular flexibility index (Phi) is 6.30. The van der Waals surface area contributed by atoms with E-state index in [1.165, 1.54) is 0 Å². The van der Waals surface area contributed by atoms with Crippen LogP contribution in [-0.4, -0.2) is 75.9 Å². The van der Waals surface area contributed by atoms with E-state index in [0.29, 0.717) is 0 Å². The second-order valence-electron chi connectivity index (χ2n) is 4.66. The molecule has 1 aliphatic rings. The van der Waals surface area contributed by atoms with Gasteiger partial charge in [0.05, 0.1) is 19.1 Å². The van der Waals surface area contributed by atoms with Crippen LogP contribution in [0.15, 0.2) is 0 Å². The molecule has 0 aromatic rings. The SMILES string of the molecule is NC(=O)[C@@H](CCO)NC(=O)C[C@@H]1OC[C@@H](O)[C@H](O)C1O.